The van der Waals surface area contributed by atoms with Crippen LogP contribution >= 0.6 is 27.3 Å². The molecule has 1 aromatic heterocycles. The largest absolute Gasteiger partial charge is 0.346 e. The highest BCUT2D eigenvalue weighted by Gasteiger charge is 2.07. The average molecular weight is 325 g/mol. The van der Waals surface area contributed by atoms with Crippen molar-refractivity contribution in [1.29, 1.82) is 0 Å². The minimum absolute atomic E-state index is 0.0787. The topological polar surface area (TPSA) is 42.0 Å². The van der Waals surface area contributed by atoms with Gasteiger partial charge in [-0.3, -0.25) is 4.79 Å². The van der Waals surface area contributed by atoms with Crippen molar-refractivity contribution in [2.75, 3.05) is 0 Å². The van der Waals surface area contributed by atoms with Gasteiger partial charge in [-0.2, -0.15) is 0 Å². The third kappa shape index (κ3) is 3.40. The number of thiazole rings is 1. The summed E-state index contributed by atoms with van der Waals surface area (Å²) in [5.74, 6) is -0.0787. The zero-order valence-corrected chi connectivity index (χ0v) is 12.6. The first kappa shape index (κ1) is 13.2. The number of nitrogens with one attached hydrogen (secondary N) is 1. The molecule has 0 aliphatic heterocycles. The first-order chi connectivity index (χ1) is 8.54. The van der Waals surface area contributed by atoms with Gasteiger partial charge in [0.2, 0.25) is 0 Å². The molecule has 0 bridgehead atoms. The lowest BCUT2D eigenvalue weighted by Crippen LogP contribution is -2.23. The number of carbonyl (C=O) groups excluding carboxylic acids is 1. The lowest BCUT2D eigenvalue weighted by atomic mass is 10.1. The Balaban J connectivity index is 2.03. The first-order valence-electron chi connectivity index (χ1n) is 5.51. The van der Waals surface area contributed by atoms with Crippen molar-refractivity contribution >= 4 is 33.2 Å². The number of amides is 1. The number of aromatic nitrogens is 1. The van der Waals surface area contributed by atoms with Crippen LogP contribution in [0.2, 0.25) is 0 Å². The lowest BCUT2D eigenvalue weighted by molar-refractivity contribution is 0.0950. The number of halogens is 1. The van der Waals surface area contributed by atoms with Crippen LogP contribution in [0.15, 0.2) is 28.1 Å². The third-order valence-corrected chi connectivity index (χ3v) is 3.68. The monoisotopic (exact) mass is 324 g/mol. The summed E-state index contributed by atoms with van der Waals surface area (Å²) >= 11 is 4.98. The van der Waals surface area contributed by atoms with Crippen molar-refractivity contribution in [3.8, 4) is 0 Å². The van der Waals surface area contributed by atoms with E-state index in [1.54, 1.807) is 11.3 Å². The van der Waals surface area contributed by atoms with Gasteiger partial charge in [-0.25, -0.2) is 4.98 Å². The van der Waals surface area contributed by atoms with Crippen LogP contribution in [-0.2, 0) is 6.54 Å². The summed E-state index contributed by atoms with van der Waals surface area (Å²) in [6, 6.07) is 5.65. The normalized spacial score (nSPS) is 10.4. The van der Waals surface area contributed by atoms with E-state index < -0.39 is 0 Å². The first-order valence-corrected chi connectivity index (χ1v) is 7.18. The van der Waals surface area contributed by atoms with E-state index in [0.29, 0.717) is 12.1 Å². The van der Waals surface area contributed by atoms with E-state index in [-0.39, 0.29) is 5.91 Å². The summed E-state index contributed by atoms with van der Waals surface area (Å²) in [6.07, 6.45) is 0. The van der Waals surface area contributed by atoms with E-state index >= 15 is 0 Å². The highest BCUT2D eigenvalue weighted by molar-refractivity contribution is 9.10. The van der Waals surface area contributed by atoms with Crippen LogP contribution in [0.5, 0.6) is 0 Å². The molecule has 3 nitrogen and oxygen atoms in total. The molecule has 2 rings (SSSR count). The molecule has 0 radical (unpaired) electrons. The molecular formula is C13H13BrN2OS. The van der Waals surface area contributed by atoms with Crippen molar-refractivity contribution in [2.24, 2.45) is 0 Å². The van der Waals surface area contributed by atoms with E-state index in [1.165, 1.54) is 0 Å². The van der Waals surface area contributed by atoms with Crippen LogP contribution in [0.4, 0.5) is 0 Å². The predicted molar refractivity (Wildman–Crippen MR) is 76.9 cm³/mol. The molecule has 0 atom stereocenters. The number of benzene rings is 1. The Morgan fingerprint density at radius 2 is 2.17 bits per heavy atom. The van der Waals surface area contributed by atoms with Gasteiger partial charge < -0.3 is 5.32 Å². The SMILES string of the molecule is Cc1cc(Br)cc(C(=O)NCc2csc(C)n2)c1. The molecule has 0 fully saturated rings. The van der Waals surface area contributed by atoms with Gasteiger partial charge >= 0.3 is 0 Å². The molecule has 5 heteroatoms. The van der Waals surface area contributed by atoms with Gasteiger partial charge in [0.05, 0.1) is 17.2 Å². The Morgan fingerprint density at radius 3 is 2.78 bits per heavy atom. The van der Waals surface area contributed by atoms with Crippen LogP contribution in [0.3, 0.4) is 0 Å². The fourth-order valence-electron chi connectivity index (χ4n) is 1.63. The summed E-state index contributed by atoms with van der Waals surface area (Å²) in [5, 5.41) is 5.84. The van der Waals surface area contributed by atoms with E-state index in [2.05, 4.69) is 26.2 Å². The summed E-state index contributed by atoms with van der Waals surface area (Å²) in [4.78, 5) is 16.3. The molecule has 0 aliphatic rings. The minimum atomic E-state index is -0.0787. The Bertz CT molecular complexity index is 560. The van der Waals surface area contributed by atoms with Crippen molar-refractivity contribution in [1.82, 2.24) is 10.3 Å². The van der Waals surface area contributed by atoms with E-state index in [0.717, 1.165) is 20.7 Å². The fourth-order valence-corrected chi connectivity index (χ4v) is 2.85. The van der Waals surface area contributed by atoms with Crippen LogP contribution in [0, 0.1) is 13.8 Å². The van der Waals surface area contributed by atoms with Crippen LogP contribution in [-0.4, -0.2) is 10.9 Å². The second kappa shape index (κ2) is 5.63. The zero-order chi connectivity index (χ0) is 13.1. The van der Waals surface area contributed by atoms with E-state index in [9.17, 15) is 4.79 Å². The Kier molecular flexibility index (Phi) is 4.14. The maximum Gasteiger partial charge on any atom is 0.251 e. The molecule has 1 aromatic carbocycles. The van der Waals surface area contributed by atoms with Gasteiger partial charge in [-0.1, -0.05) is 15.9 Å². The number of hydrogen-bond donors (Lipinski definition) is 1. The zero-order valence-electron chi connectivity index (χ0n) is 10.2. The Labute approximate surface area is 118 Å². The molecular weight excluding hydrogens is 312 g/mol. The van der Waals surface area contributed by atoms with Crippen LogP contribution in [0.25, 0.3) is 0 Å². The molecule has 0 saturated carbocycles. The maximum absolute atomic E-state index is 12.0. The second-order valence-corrected chi connectivity index (χ2v) is 6.04. The predicted octanol–water partition coefficient (Wildman–Crippen LogP) is 3.45. The molecule has 18 heavy (non-hydrogen) atoms. The number of carbonyl (C=O) groups is 1. The standard InChI is InChI=1S/C13H13BrN2OS/c1-8-3-10(5-11(14)4-8)13(17)15-6-12-7-18-9(2)16-12/h3-5,7H,6H2,1-2H3,(H,15,17). The van der Waals surface area contributed by atoms with Gasteiger partial charge in [-0.15, -0.1) is 11.3 Å². The molecule has 1 heterocycles. The van der Waals surface area contributed by atoms with Gasteiger partial charge in [0.25, 0.3) is 5.91 Å². The second-order valence-electron chi connectivity index (χ2n) is 4.06. The van der Waals surface area contributed by atoms with E-state index in [4.69, 9.17) is 0 Å². The van der Waals surface area contributed by atoms with Crippen molar-refractivity contribution in [3.05, 3.63) is 49.9 Å². The van der Waals surface area contributed by atoms with Gasteiger partial charge in [0, 0.05) is 15.4 Å². The molecule has 0 saturated heterocycles. The summed E-state index contributed by atoms with van der Waals surface area (Å²) in [6.45, 7) is 4.38. The highest BCUT2D eigenvalue weighted by atomic mass is 79.9. The smallest absolute Gasteiger partial charge is 0.251 e. The minimum Gasteiger partial charge on any atom is -0.346 e. The van der Waals surface area contributed by atoms with Gasteiger partial charge in [0.15, 0.2) is 0 Å². The van der Waals surface area contributed by atoms with Crippen molar-refractivity contribution in [2.45, 2.75) is 20.4 Å². The lowest BCUT2D eigenvalue weighted by Gasteiger charge is -2.05. The maximum atomic E-state index is 12.0. The third-order valence-electron chi connectivity index (χ3n) is 2.40. The fraction of sp³-hybridized carbons (Fsp3) is 0.231. The molecule has 1 amide bonds. The number of nitrogens with zero attached hydrogens (tertiary/aromatic N) is 1. The number of hydrogen-bond acceptors (Lipinski definition) is 3. The Hall–Kier alpha value is -1.20. The number of rotatable bonds is 3. The van der Waals surface area contributed by atoms with Crippen molar-refractivity contribution < 1.29 is 4.79 Å². The van der Waals surface area contributed by atoms with Crippen LogP contribution < -0.4 is 5.32 Å². The quantitative estimate of drug-likeness (QED) is 0.939. The van der Waals surface area contributed by atoms with E-state index in [1.807, 2.05) is 37.4 Å². The number of aryl methyl sites for hydroxylation is 2. The molecule has 0 spiro atoms. The molecule has 0 unspecified atom stereocenters. The summed E-state index contributed by atoms with van der Waals surface area (Å²) < 4.78 is 0.914. The molecule has 0 aliphatic carbocycles. The van der Waals surface area contributed by atoms with Crippen LogP contribution in [0.1, 0.15) is 26.6 Å². The highest BCUT2D eigenvalue weighted by Crippen LogP contribution is 2.15. The van der Waals surface area contributed by atoms with Gasteiger partial charge in [0.1, 0.15) is 0 Å². The average Bonchev–Trinajstić information content (AvgIpc) is 2.70. The van der Waals surface area contributed by atoms with Gasteiger partial charge in [-0.05, 0) is 37.6 Å². The Morgan fingerprint density at radius 1 is 1.39 bits per heavy atom. The summed E-state index contributed by atoms with van der Waals surface area (Å²) in [7, 11) is 0. The molecule has 94 valence electrons. The van der Waals surface area contributed by atoms with Crippen molar-refractivity contribution in [3.63, 3.8) is 0 Å². The molecule has 1 N–H and O–H groups in total. The molecule has 2 aromatic rings. The summed E-state index contributed by atoms with van der Waals surface area (Å²) in [5.41, 5.74) is 2.62.